The number of cyclic esters (lactones) is 1. The van der Waals surface area contributed by atoms with Crippen molar-refractivity contribution in [2.45, 2.75) is 121 Å². The summed E-state index contributed by atoms with van der Waals surface area (Å²) in [5, 5.41) is 39.1. The zero-order valence-corrected chi connectivity index (χ0v) is 34.8. The SMILES string of the molecule is C=CCOC(=O)/C=C/C=C(\C)[C@@H]1C/C=C/C=C/C[C@H](C)[C@@H](O)[C@@H](CCC(C)O)C(=O)N[C@@H](C(C)C)C(=O)NC2(C[C@H]2c2cccc(O)c2)C(=O)N2CCCC(N2)C(=O)O1. The molecule has 322 valence electrons. The summed E-state index contributed by atoms with van der Waals surface area (Å²) in [5.41, 5.74) is 2.85. The summed E-state index contributed by atoms with van der Waals surface area (Å²) < 4.78 is 11.0. The van der Waals surface area contributed by atoms with Crippen molar-refractivity contribution in [3.8, 4) is 5.75 Å². The lowest BCUT2D eigenvalue weighted by atomic mass is 9.85. The number of phenolic OH excluding ortho intramolecular Hbond substituents is 1. The van der Waals surface area contributed by atoms with E-state index in [1.807, 2.05) is 19.1 Å². The molecule has 1 saturated heterocycles. The van der Waals surface area contributed by atoms with Gasteiger partial charge < -0.3 is 35.4 Å². The lowest BCUT2D eigenvalue weighted by Gasteiger charge is -2.36. The number of rotatable bonds is 10. The smallest absolute Gasteiger partial charge is 0.331 e. The number of phenols is 1. The fourth-order valence-corrected chi connectivity index (χ4v) is 7.46. The number of aromatic hydroxyl groups is 1. The monoisotopic (exact) mass is 818 g/mol. The van der Waals surface area contributed by atoms with Crippen LogP contribution < -0.4 is 16.1 Å². The largest absolute Gasteiger partial charge is 0.508 e. The van der Waals surface area contributed by atoms with Crippen molar-refractivity contribution in [3.63, 3.8) is 0 Å². The van der Waals surface area contributed by atoms with Gasteiger partial charge in [-0.1, -0.05) is 82.0 Å². The van der Waals surface area contributed by atoms with Crippen molar-refractivity contribution in [1.82, 2.24) is 21.1 Å². The number of carbonyl (C=O) groups excluding carboxylic acids is 5. The molecule has 0 radical (unpaired) electrons. The summed E-state index contributed by atoms with van der Waals surface area (Å²) >= 11 is 0. The number of esters is 2. The van der Waals surface area contributed by atoms with E-state index in [9.17, 15) is 39.3 Å². The molecule has 0 aromatic heterocycles. The number of aliphatic hydroxyl groups excluding tert-OH is 2. The number of nitrogens with zero attached hydrogens (tertiary/aromatic N) is 1. The molecule has 2 heterocycles. The fraction of sp³-hybridized carbons (Fsp3) is 0.533. The third-order valence-electron chi connectivity index (χ3n) is 11.1. The van der Waals surface area contributed by atoms with Crippen LogP contribution in [0.5, 0.6) is 5.75 Å². The Labute approximate surface area is 347 Å². The molecule has 6 N–H and O–H groups in total. The van der Waals surface area contributed by atoms with Crippen LogP contribution in [0.25, 0.3) is 0 Å². The Bertz CT molecular complexity index is 1790. The summed E-state index contributed by atoms with van der Waals surface area (Å²) in [4.78, 5) is 68.8. The molecule has 2 bridgehead atoms. The zero-order chi connectivity index (χ0) is 43.3. The lowest BCUT2D eigenvalue weighted by Crippen LogP contribution is -2.63. The van der Waals surface area contributed by atoms with Gasteiger partial charge in [0, 0.05) is 25.0 Å². The fourth-order valence-electron chi connectivity index (χ4n) is 7.46. The van der Waals surface area contributed by atoms with E-state index in [1.165, 1.54) is 29.3 Å². The van der Waals surface area contributed by atoms with E-state index in [0.717, 1.165) is 0 Å². The molecule has 14 nitrogen and oxygen atoms in total. The standard InChI is InChI=1S/C45H62N4O10/c1-7-25-58-38(52)21-12-16-29(4)37-20-11-9-8-10-15-30(5)40(53)34(23-22-31(6)50)41(54)46-39(28(2)3)42(55)47-45(27-35(45)32-17-13-18-33(51)26-32)44(57)49-24-14-19-36(48-49)43(56)59-37/h7-13,16-18,21,26,28,30-31,34-37,39-40,48,50-51,53H,1,14-15,19-20,22-25,27H2,2-6H3,(H,46,54)(H,47,55)/b10-8+,11-9+,21-12+,29-16+/t30-,31?,34+,35-,36?,37-,39-,40+,45?/m0/s1. The molecule has 3 unspecified atom stereocenters. The Kier molecular flexibility index (Phi) is 17.2. The lowest BCUT2D eigenvalue weighted by molar-refractivity contribution is -0.156. The molecular weight excluding hydrogens is 757 g/mol. The number of benzene rings is 1. The number of hydrogen-bond acceptors (Lipinski definition) is 11. The second-order valence-corrected chi connectivity index (χ2v) is 16.3. The molecule has 1 spiro atoms. The average molecular weight is 819 g/mol. The minimum atomic E-state index is -1.48. The second-order valence-electron chi connectivity index (χ2n) is 16.3. The normalized spacial score (nSPS) is 30.7. The van der Waals surface area contributed by atoms with Crippen molar-refractivity contribution >= 4 is 29.7 Å². The van der Waals surface area contributed by atoms with E-state index in [2.05, 4.69) is 22.6 Å². The summed E-state index contributed by atoms with van der Waals surface area (Å²) in [6.07, 6.45) is 12.7. The number of aliphatic hydroxyl groups is 2. The maximum Gasteiger partial charge on any atom is 0.331 e. The number of ether oxygens (including phenoxy) is 2. The van der Waals surface area contributed by atoms with Crippen LogP contribution in [0.4, 0.5) is 0 Å². The quantitative estimate of drug-likeness (QED) is 0.0855. The summed E-state index contributed by atoms with van der Waals surface area (Å²) in [7, 11) is 0. The van der Waals surface area contributed by atoms with Crippen molar-refractivity contribution in [1.29, 1.82) is 0 Å². The van der Waals surface area contributed by atoms with Gasteiger partial charge in [-0.15, -0.1) is 0 Å². The van der Waals surface area contributed by atoms with Gasteiger partial charge in [0.05, 0.1) is 18.1 Å². The van der Waals surface area contributed by atoms with E-state index in [0.29, 0.717) is 30.4 Å². The average Bonchev–Trinajstić information content (AvgIpc) is 3.93. The number of carbonyl (C=O) groups is 5. The molecule has 59 heavy (non-hydrogen) atoms. The van der Waals surface area contributed by atoms with E-state index >= 15 is 0 Å². The highest BCUT2D eigenvalue weighted by Crippen LogP contribution is 2.53. The van der Waals surface area contributed by atoms with Crippen LogP contribution in [-0.2, 0) is 33.4 Å². The number of nitrogens with one attached hydrogen (secondary N) is 3. The first kappa shape index (κ1) is 46.6. The highest BCUT2D eigenvalue weighted by molar-refractivity contribution is 5.98. The molecule has 3 aliphatic rings. The minimum Gasteiger partial charge on any atom is -0.508 e. The first-order valence-corrected chi connectivity index (χ1v) is 20.6. The van der Waals surface area contributed by atoms with Crippen molar-refractivity contribution in [3.05, 3.63) is 90.6 Å². The Hall–Kier alpha value is -5.05. The van der Waals surface area contributed by atoms with Crippen molar-refractivity contribution in [2.75, 3.05) is 13.2 Å². The molecule has 1 aromatic rings. The second kappa shape index (κ2) is 21.8. The predicted octanol–water partition coefficient (Wildman–Crippen LogP) is 4.19. The van der Waals surface area contributed by atoms with Gasteiger partial charge in [-0.25, -0.2) is 10.2 Å². The molecule has 1 aromatic carbocycles. The Morgan fingerprint density at radius 3 is 2.53 bits per heavy atom. The van der Waals surface area contributed by atoms with Crippen molar-refractivity contribution in [2.24, 2.45) is 17.8 Å². The van der Waals surface area contributed by atoms with Crippen LogP contribution in [-0.4, -0.2) is 99.1 Å². The first-order chi connectivity index (χ1) is 28.1. The highest BCUT2D eigenvalue weighted by atomic mass is 16.5. The van der Waals surface area contributed by atoms with Crippen LogP contribution in [0.3, 0.4) is 0 Å². The number of fused-ring (bicyclic) bond motifs is 2. The summed E-state index contributed by atoms with van der Waals surface area (Å²) in [6.45, 7) is 12.6. The van der Waals surface area contributed by atoms with E-state index < -0.39 is 83.3 Å². The van der Waals surface area contributed by atoms with Crippen molar-refractivity contribution < 1.29 is 48.8 Å². The number of allylic oxidation sites excluding steroid dienone is 5. The molecule has 4 rings (SSSR count). The third-order valence-corrected chi connectivity index (χ3v) is 11.1. The topological polar surface area (TPSA) is 204 Å². The van der Waals surface area contributed by atoms with Gasteiger partial charge in [-0.05, 0) is 87.5 Å². The Morgan fingerprint density at radius 1 is 1.12 bits per heavy atom. The molecule has 3 amide bonds. The molecule has 1 saturated carbocycles. The van der Waals surface area contributed by atoms with E-state index in [-0.39, 0.29) is 50.5 Å². The van der Waals surface area contributed by atoms with Crippen LogP contribution in [0.2, 0.25) is 0 Å². The number of amides is 3. The number of hydrogen-bond donors (Lipinski definition) is 6. The predicted molar refractivity (Wildman–Crippen MR) is 222 cm³/mol. The summed E-state index contributed by atoms with van der Waals surface area (Å²) in [6, 6.07) is 4.49. The molecular formula is C45H62N4O10. The van der Waals surface area contributed by atoms with Crippen LogP contribution >= 0.6 is 0 Å². The van der Waals surface area contributed by atoms with Gasteiger partial charge in [-0.2, -0.15) is 0 Å². The minimum absolute atomic E-state index is 0.00339. The van der Waals surface area contributed by atoms with Crippen LogP contribution in [0.1, 0.15) is 91.0 Å². The Morgan fingerprint density at radius 2 is 1.85 bits per heavy atom. The Balaban J connectivity index is 1.72. The summed E-state index contributed by atoms with van der Waals surface area (Å²) in [5.74, 6) is -5.04. The van der Waals surface area contributed by atoms with E-state index in [4.69, 9.17) is 9.47 Å². The molecule has 2 fully saturated rings. The molecule has 1 aliphatic carbocycles. The van der Waals surface area contributed by atoms with Gasteiger partial charge in [0.15, 0.2) is 0 Å². The van der Waals surface area contributed by atoms with Crippen LogP contribution in [0.15, 0.2) is 85.0 Å². The van der Waals surface area contributed by atoms with Crippen LogP contribution in [0, 0.1) is 17.8 Å². The number of hydrazine groups is 1. The van der Waals surface area contributed by atoms with Gasteiger partial charge in [0.1, 0.15) is 36.1 Å². The zero-order valence-electron chi connectivity index (χ0n) is 34.8. The third kappa shape index (κ3) is 13.0. The maximum absolute atomic E-state index is 14.7. The van der Waals surface area contributed by atoms with Gasteiger partial charge in [-0.3, -0.25) is 24.2 Å². The van der Waals surface area contributed by atoms with Gasteiger partial charge in [0.25, 0.3) is 5.91 Å². The first-order valence-electron chi connectivity index (χ1n) is 20.6. The van der Waals surface area contributed by atoms with Gasteiger partial charge >= 0.3 is 11.9 Å². The van der Waals surface area contributed by atoms with Gasteiger partial charge in [0.2, 0.25) is 11.8 Å². The highest BCUT2D eigenvalue weighted by Gasteiger charge is 2.64. The van der Waals surface area contributed by atoms with E-state index in [1.54, 1.807) is 64.1 Å². The molecule has 14 heteroatoms. The molecule has 2 aliphatic heterocycles. The maximum atomic E-state index is 14.7. The molecule has 9 atom stereocenters.